The Balaban J connectivity index is -0.000000390. The number of carbonyl (C=O) groups excluding carboxylic acids is 6. The Labute approximate surface area is 356 Å². The van der Waals surface area contributed by atoms with Crippen molar-refractivity contribution in [2.45, 2.75) is 60.2 Å². The van der Waals surface area contributed by atoms with Crippen LogP contribution in [0.2, 0.25) is 0 Å². The number of ether oxygens (including phenoxy) is 5. The Morgan fingerprint density at radius 3 is 1.44 bits per heavy atom. The fourth-order valence-corrected chi connectivity index (χ4v) is 3.86. The molecule has 3 rings (SSSR count). The SMILES string of the molecule is C.C.NCCOCCC(=O)OCc1ccccc1[N+](=O)[O-].O=C1CCC(=O)N1O.[2HH].[2H]C(=O)NCCOCCC(=O)O.[2H]C(=O)NCCOCCC(=O)OCc1ccccc1[N+](=O)[O-]. The molecule has 1 fully saturated rings. The van der Waals surface area contributed by atoms with Crippen LogP contribution < -0.4 is 16.4 Å². The van der Waals surface area contributed by atoms with E-state index in [4.69, 9.17) is 42.5 Å². The van der Waals surface area contributed by atoms with E-state index in [-0.39, 0.29) is 124 Å². The number of nitro groups is 2. The van der Waals surface area contributed by atoms with Gasteiger partial charge in [-0.25, -0.2) is 0 Å². The van der Waals surface area contributed by atoms with E-state index in [1.807, 2.05) is 0 Å². The van der Waals surface area contributed by atoms with Crippen molar-refractivity contribution in [2.24, 2.45) is 5.73 Å². The molecule has 2 aromatic carbocycles. The number of hydrogen-bond acceptors (Lipinski definition) is 18. The van der Waals surface area contributed by atoms with Gasteiger partial charge in [-0.3, -0.25) is 59.0 Å². The Kier molecular flexibility index (Phi) is 33.8. The molecule has 0 radical (unpaired) electrons. The lowest BCUT2D eigenvalue weighted by molar-refractivity contribution is -0.386. The van der Waals surface area contributed by atoms with Gasteiger partial charge in [0.1, 0.15) is 16.0 Å². The Morgan fingerprint density at radius 2 is 1.11 bits per heavy atom. The molecule has 0 aromatic heterocycles. The molecule has 4 amide bonds. The van der Waals surface area contributed by atoms with Gasteiger partial charge < -0.3 is 45.2 Å². The van der Waals surface area contributed by atoms with Crippen LogP contribution in [0.4, 0.5) is 11.4 Å². The number of hydroxylamine groups is 2. The summed E-state index contributed by atoms with van der Waals surface area (Å²) in [4.78, 5) is 94.0. The Bertz CT molecular complexity index is 1710. The van der Waals surface area contributed by atoms with Gasteiger partial charge in [-0.05, 0) is 12.1 Å². The van der Waals surface area contributed by atoms with E-state index < -0.39 is 52.3 Å². The van der Waals surface area contributed by atoms with Gasteiger partial charge in [-0.2, -0.15) is 5.06 Å². The van der Waals surface area contributed by atoms with E-state index in [9.17, 15) is 53.8 Å². The Morgan fingerprint density at radius 1 is 0.738 bits per heavy atom. The van der Waals surface area contributed by atoms with E-state index in [0.717, 1.165) is 0 Å². The summed E-state index contributed by atoms with van der Waals surface area (Å²) < 4.78 is 37.8. The average Bonchev–Trinajstić information content (AvgIpc) is 3.51. The lowest BCUT2D eigenvalue weighted by Gasteiger charge is -2.06. The number of nitrogens with two attached hydrogens (primary N) is 1. The number of benzene rings is 2. The number of imide groups is 1. The molecule has 61 heavy (non-hydrogen) atoms. The zero-order valence-electron chi connectivity index (χ0n) is 33.8. The van der Waals surface area contributed by atoms with Gasteiger partial charge in [-0.1, -0.05) is 39.1 Å². The summed E-state index contributed by atoms with van der Waals surface area (Å²) in [5.74, 6) is -2.93. The van der Waals surface area contributed by atoms with Crippen LogP contribution in [0.3, 0.4) is 0 Å². The lowest BCUT2D eigenvalue weighted by atomic mass is 10.2. The maximum Gasteiger partial charge on any atom is 0.308 e. The van der Waals surface area contributed by atoms with E-state index in [1.54, 1.807) is 24.3 Å². The number of aliphatic carboxylic acids is 1. The molecule has 24 heteroatoms. The molecule has 0 saturated carbocycles. The quantitative estimate of drug-likeness (QED) is 0.0203. The molecule has 1 heterocycles. The van der Waals surface area contributed by atoms with Gasteiger partial charge in [0.05, 0.1) is 79.9 Å². The van der Waals surface area contributed by atoms with Crippen LogP contribution in [0.15, 0.2) is 48.5 Å². The molecule has 1 aliphatic heterocycles. The van der Waals surface area contributed by atoms with E-state index in [1.165, 1.54) is 24.3 Å². The number of amides is 4. The molecule has 24 nitrogen and oxygen atoms in total. The van der Waals surface area contributed by atoms with Crippen molar-refractivity contribution >= 4 is 53.9 Å². The topological polar surface area (TPSA) is 346 Å². The smallest absolute Gasteiger partial charge is 0.308 e. The number of nitrogens with zero attached hydrogens (tertiary/aromatic N) is 3. The minimum absolute atomic E-state index is 0. The van der Waals surface area contributed by atoms with Crippen LogP contribution in [-0.4, -0.2) is 127 Å². The van der Waals surface area contributed by atoms with Crippen molar-refractivity contribution in [2.75, 3.05) is 59.3 Å². The summed E-state index contributed by atoms with van der Waals surface area (Å²) in [5, 5.41) is 42.7. The number of carboxylic acids is 1. The third-order valence-electron chi connectivity index (χ3n) is 6.69. The monoisotopic (exact) mass is 877 g/mol. The highest BCUT2D eigenvalue weighted by Gasteiger charge is 2.26. The average molecular weight is 878 g/mol. The number of carboxylic acid groups (broad SMARTS) is 1. The van der Waals surface area contributed by atoms with Crippen LogP contribution >= 0.6 is 0 Å². The zero-order valence-corrected chi connectivity index (χ0v) is 31.8. The molecule has 6 N–H and O–H groups in total. The first-order chi connectivity index (χ1) is 29.0. The minimum Gasteiger partial charge on any atom is -0.481 e. The third-order valence-corrected chi connectivity index (χ3v) is 6.69. The second-order valence-electron chi connectivity index (χ2n) is 11.0. The van der Waals surface area contributed by atoms with Crippen LogP contribution in [0.5, 0.6) is 0 Å². The summed E-state index contributed by atoms with van der Waals surface area (Å²) in [6.45, 7) is 1.79. The standard InChI is InChI=1S/C13H16N2O6.C12H16N2O5.C6H11NO4.C4H5NO3.2CH4.H2/c16-10-14-6-8-20-7-5-13(17)21-9-11-3-1-2-4-12(11)15(18)19;13-6-8-18-7-5-12(15)19-9-10-3-1-2-4-11(10)14(16)17;8-5-7-2-4-11-3-1-6(9)10;6-3-1-2-4(7)5(3)8;;;/h1-4,10H,5-9H2,(H,14,16);1-4H,5-9,13H2;5H,1-4H2,(H,7,8)(H,9,10);8H,1-2H2;2*1H4;1H/i10D;;5D;;;;1+1. The number of nitro benzene ring substituents is 2. The number of esters is 2. The van der Waals surface area contributed by atoms with Gasteiger partial charge in [0, 0.05) is 46.0 Å². The largest absolute Gasteiger partial charge is 0.481 e. The summed E-state index contributed by atoms with van der Waals surface area (Å²) in [5.41, 5.74) is 5.74. The fraction of sp³-hybridized carbons (Fsp3) is 0.486. The summed E-state index contributed by atoms with van der Waals surface area (Å²) in [6.07, 6.45) is -1.42. The van der Waals surface area contributed by atoms with Crippen molar-refractivity contribution in [3.63, 3.8) is 0 Å². The predicted octanol–water partition coefficient (Wildman–Crippen LogP) is 2.06. The maximum absolute atomic E-state index is 11.5. The van der Waals surface area contributed by atoms with E-state index in [2.05, 4.69) is 10.6 Å². The molecule has 0 spiro atoms. The first-order valence-corrected chi connectivity index (χ1v) is 17.4. The van der Waals surface area contributed by atoms with Crippen molar-refractivity contribution in [3.05, 3.63) is 79.9 Å². The van der Waals surface area contributed by atoms with E-state index >= 15 is 0 Å². The van der Waals surface area contributed by atoms with Crippen LogP contribution in [0, 0.1) is 20.2 Å². The molecule has 0 bridgehead atoms. The minimum atomic E-state index is -0.917. The summed E-state index contributed by atoms with van der Waals surface area (Å²) in [7, 11) is 0. The fourth-order valence-electron chi connectivity index (χ4n) is 3.86. The molecule has 1 saturated heterocycles. The number of para-hydroxylation sites is 2. The highest BCUT2D eigenvalue weighted by atomic mass is 16.6. The molecule has 0 unspecified atom stereocenters. The Hall–Kier alpha value is -6.47. The lowest BCUT2D eigenvalue weighted by Crippen LogP contribution is -2.24. The maximum atomic E-state index is 11.5. The predicted molar refractivity (Wildman–Crippen MR) is 215 cm³/mol. The van der Waals surface area contributed by atoms with Crippen LogP contribution in [-0.2, 0) is 70.5 Å². The van der Waals surface area contributed by atoms with Crippen LogP contribution in [0.1, 0.15) is 62.3 Å². The molecular formula is C37H58N6O18. The number of carbonyl (C=O) groups is 7. The highest BCUT2D eigenvalue weighted by Crippen LogP contribution is 2.19. The molecule has 2 aromatic rings. The van der Waals surface area contributed by atoms with Gasteiger partial charge in [0.25, 0.3) is 23.2 Å². The highest BCUT2D eigenvalue weighted by molar-refractivity contribution is 6.00. The van der Waals surface area contributed by atoms with Gasteiger partial charge >= 0.3 is 17.9 Å². The number of hydrogen-bond donors (Lipinski definition) is 5. The van der Waals surface area contributed by atoms with Gasteiger partial charge in [0.2, 0.25) is 12.8 Å². The molecule has 1 aliphatic rings. The number of nitrogens with one attached hydrogen (secondary N) is 2. The van der Waals surface area contributed by atoms with Gasteiger partial charge in [0.15, 0.2) is 0 Å². The van der Waals surface area contributed by atoms with Crippen LogP contribution in [0.25, 0.3) is 0 Å². The van der Waals surface area contributed by atoms with Crippen molar-refractivity contribution in [3.8, 4) is 0 Å². The second kappa shape index (κ2) is 37.8. The molecule has 0 atom stereocenters. The second-order valence-corrected chi connectivity index (χ2v) is 11.0. The third kappa shape index (κ3) is 30.3. The number of rotatable bonds is 23. The van der Waals surface area contributed by atoms with Crippen molar-refractivity contribution < 1.29 is 81.6 Å². The first kappa shape index (κ1) is 54.5. The zero-order chi connectivity index (χ0) is 46.0. The molecule has 0 aliphatic carbocycles. The summed E-state index contributed by atoms with van der Waals surface area (Å²) in [6, 6.07) is 12.2. The molecule has 344 valence electrons. The molecular weight excluding hydrogens is 816 g/mol. The van der Waals surface area contributed by atoms with Gasteiger partial charge in [-0.15, -0.1) is 0 Å². The van der Waals surface area contributed by atoms with Crippen molar-refractivity contribution in [1.82, 2.24) is 15.7 Å². The van der Waals surface area contributed by atoms with E-state index in [0.29, 0.717) is 24.3 Å². The first-order valence-electron chi connectivity index (χ1n) is 18.4. The normalized spacial score (nSPS) is 11.3. The van der Waals surface area contributed by atoms with Crippen molar-refractivity contribution in [1.29, 1.82) is 0 Å². The summed E-state index contributed by atoms with van der Waals surface area (Å²) >= 11 is 0.